The molecule has 2 aromatic carbocycles. The van der Waals surface area contributed by atoms with Gasteiger partial charge in [0.25, 0.3) is 0 Å². The van der Waals surface area contributed by atoms with Gasteiger partial charge >= 0.3 is 0 Å². The Labute approximate surface area is 190 Å². The van der Waals surface area contributed by atoms with Crippen LogP contribution in [0.15, 0.2) is 66.7 Å². The number of hydrogen-bond donors (Lipinski definition) is 0. The lowest BCUT2D eigenvalue weighted by Crippen LogP contribution is -2.51. The molecule has 1 aliphatic carbocycles. The lowest BCUT2D eigenvalue weighted by Gasteiger charge is -2.43. The van der Waals surface area contributed by atoms with Gasteiger partial charge in [0.2, 0.25) is 0 Å². The van der Waals surface area contributed by atoms with E-state index >= 15 is 0 Å². The van der Waals surface area contributed by atoms with E-state index in [2.05, 4.69) is 97.5 Å². The average Bonchev–Trinajstić information content (AvgIpc) is 2.83. The quantitative estimate of drug-likeness (QED) is 0.395. The number of nitrogens with zero attached hydrogens (tertiary/aromatic N) is 4. The molecule has 1 saturated carbocycles. The first kappa shape index (κ1) is 20.9. The molecule has 4 nitrogen and oxygen atoms in total. The number of pyridine rings is 2. The molecule has 4 aromatic rings. The Morgan fingerprint density at radius 3 is 2.41 bits per heavy atom. The zero-order valence-corrected chi connectivity index (χ0v) is 19.3. The van der Waals surface area contributed by atoms with Crippen molar-refractivity contribution < 1.29 is 0 Å². The van der Waals surface area contributed by atoms with E-state index in [9.17, 15) is 0 Å². The number of para-hydroxylation sites is 2. The first-order valence-electron chi connectivity index (χ1n) is 11.7. The predicted molar refractivity (Wildman–Crippen MR) is 134 cm³/mol. The second kappa shape index (κ2) is 8.87. The molecule has 0 radical (unpaired) electrons. The van der Waals surface area contributed by atoms with Crippen LogP contribution in [-0.4, -0.2) is 41.0 Å². The molecular weight excluding hydrogens is 392 g/mol. The topological polar surface area (TPSA) is 32.3 Å². The Kier molecular flexibility index (Phi) is 5.79. The predicted octanol–water partition coefficient (Wildman–Crippen LogP) is 5.97. The largest absolute Gasteiger partial charge is 0.368 e. The van der Waals surface area contributed by atoms with Gasteiger partial charge in [0.05, 0.1) is 22.4 Å². The van der Waals surface area contributed by atoms with Crippen molar-refractivity contribution >= 4 is 27.5 Å². The molecule has 0 aliphatic heterocycles. The molecule has 1 fully saturated rings. The average molecular weight is 425 g/mol. The van der Waals surface area contributed by atoms with Gasteiger partial charge in [-0.1, -0.05) is 55.3 Å². The third kappa shape index (κ3) is 4.07. The monoisotopic (exact) mass is 424 g/mol. The van der Waals surface area contributed by atoms with Crippen LogP contribution in [0, 0.1) is 6.92 Å². The molecule has 32 heavy (non-hydrogen) atoms. The molecule has 2 atom stereocenters. The summed E-state index contributed by atoms with van der Waals surface area (Å²) in [5.41, 5.74) is 5.63. The van der Waals surface area contributed by atoms with Crippen molar-refractivity contribution in [2.24, 2.45) is 0 Å². The van der Waals surface area contributed by atoms with E-state index in [4.69, 9.17) is 9.97 Å². The number of hydrogen-bond acceptors (Lipinski definition) is 4. The lowest BCUT2D eigenvalue weighted by molar-refractivity contribution is 0.158. The fraction of sp³-hybridized carbons (Fsp3) is 0.357. The second-order valence-electron chi connectivity index (χ2n) is 9.24. The Morgan fingerprint density at radius 1 is 0.781 bits per heavy atom. The highest BCUT2D eigenvalue weighted by Gasteiger charge is 2.32. The Bertz CT molecular complexity index is 1230. The van der Waals surface area contributed by atoms with Crippen LogP contribution in [0.3, 0.4) is 0 Å². The van der Waals surface area contributed by atoms with E-state index in [1.807, 2.05) is 0 Å². The summed E-state index contributed by atoms with van der Waals surface area (Å²) in [4.78, 5) is 14.8. The normalized spacial score (nSPS) is 19.0. The summed E-state index contributed by atoms with van der Waals surface area (Å²) < 4.78 is 0. The minimum Gasteiger partial charge on any atom is -0.368 e. The zero-order valence-electron chi connectivity index (χ0n) is 19.3. The molecule has 0 saturated heterocycles. The molecule has 0 amide bonds. The summed E-state index contributed by atoms with van der Waals surface area (Å²) in [6.07, 6.45) is 5.00. The van der Waals surface area contributed by atoms with Gasteiger partial charge in [0, 0.05) is 42.1 Å². The molecule has 5 rings (SSSR count). The van der Waals surface area contributed by atoms with Gasteiger partial charge in [-0.25, -0.2) is 0 Å². The maximum atomic E-state index is 4.92. The standard InChI is InChI=1S/C28H32N4/c1-20-15-16-22-10-8-14-27(28(22)29-20)32(3)26-13-7-6-12-25(26)31(2)19-23-18-17-21-9-4-5-11-24(21)30-23/h4-5,8-11,14-18,25-26H,6-7,12-13,19H2,1-3H3/t25-,26-/m0/s1. The molecule has 4 heteroatoms. The lowest BCUT2D eigenvalue weighted by atomic mass is 9.88. The third-order valence-electron chi connectivity index (χ3n) is 7.04. The number of benzene rings is 2. The molecule has 0 bridgehead atoms. The van der Waals surface area contributed by atoms with Crippen LogP contribution in [0.25, 0.3) is 21.8 Å². The fourth-order valence-corrected chi connectivity index (χ4v) is 5.32. The minimum atomic E-state index is 0.460. The molecule has 2 aromatic heterocycles. The SMILES string of the molecule is Cc1ccc2cccc(N(C)[C@H]3CCCC[C@@H]3N(C)Cc3ccc4ccccc4n3)c2n1. The van der Waals surface area contributed by atoms with Crippen LogP contribution in [0.4, 0.5) is 5.69 Å². The van der Waals surface area contributed by atoms with Gasteiger partial charge in [-0.3, -0.25) is 14.9 Å². The van der Waals surface area contributed by atoms with E-state index in [1.54, 1.807) is 0 Å². The van der Waals surface area contributed by atoms with Crippen LogP contribution in [-0.2, 0) is 6.54 Å². The summed E-state index contributed by atoms with van der Waals surface area (Å²) in [5, 5.41) is 2.41. The highest BCUT2D eigenvalue weighted by atomic mass is 15.2. The number of likely N-dealkylation sites (N-methyl/N-ethyl adjacent to an activating group) is 2. The number of aromatic nitrogens is 2. The van der Waals surface area contributed by atoms with Gasteiger partial charge in [-0.15, -0.1) is 0 Å². The highest BCUT2D eigenvalue weighted by molar-refractivity contribution is 5.91. The van der Waals surface area contributed by atoms with Crippen LogP contribution in [0.5, 0.6) is 0 Å². The van der Waals surface area contributed by atoms with E-state index in [-0.39, 0.29) is 0 Å². The summed E-state index contributed by atoms with van der Waals surface area (Å²) in [6, 6.07) is 24.5. The first-order valence-corrected chi connectivity index (χ1v) is 11.7. The zero-order chi connectivity index (χ0) is 22.1. The van der Waals surface area contributed by atoms with Crippen molar-refractivity contribution in [1.82, 2.24) is 14.9 Å². The van der Waals surface area contributed by atoms with E-state index in [1.165, 1.54) is 42.1 Å². The summed E-state index contributed by atoms with van der Waals surface area (Å²) in [5.74, 6) is 0. The van der Waals surface area contributed by atoms with E-state index < -0.39 is 0 Å². The number of rotatable bonds is 5. The van der Waals surface area contributed by atoms with Crippen molar-refractivity contribution in [3.05, 3.63) is 78.1 Å². The molecular formula is C28H32N4. The molecule has 164 valence electrons. The molecule has 0 spiro atoms. The minimum absolute atomic E-state index is 0.460. The Hall–Kier alpha value is -2.98. The van der Waals surface area contributed by atoms with Crippen LogP contribution < -0.4 is 4.90 Å². The first-order chi connectivity index (χ1) is 15.6. The van der Waals surface area contributed by atoms with E-state index in [0.717, 1.165) is 29.0 Å². The smallest absolute Gasteiger partial charge is 0.0938 e. The maximum Gasteiger partial charge on any atom is 0.0938 e. The van der Waals surface area contributed by atoms with Crippen molar-refractivity contribution in [2.45, 2.75) is 51.2 Å². The second-order valence-corrected chi connectivity index (χ2v) is 9.24. The molecule has 2 heterocycles. The number of anilines is 1. The van der Waals surface area contributed by atoms with Crippen LogP contribution >= 0.6 is 0 Å². The molecule has 0 unspecified atom stereocenters. The van der Waals surface area contributed by atoms with Crippen molar-refractivity contribution in [3.8, 4) is 0 Å². The number of aryl methyl sites for hydroxylation is 1. The van der Waals surface area contributed by atoms with Gasteiger partial charge in [-0.2, -0.15) is 0 Å². The molecule has 0 N–H and O–H groups in total. The Balaban J connectivity index is 1.41. The van der Waals surface area contributed by atoms with Gasteiger partial charge < -0.3 is 4.90 Å². The van der Waals surface area contributed by atoms with Crippen molar-refractivity contribution in [3.63, 3.8) is 0 Å². The van der Waals surface area contributed by atoms with Gasteiger partial charge in [0.1, 0.15) is 0 Å². The van der Waals surface area contributed by atoms with Crippen LogP contribution in [0.1, 0.15) is 37.1 Å². The van der Waals surface area contributed by atoms with E-state index in [0.29, 0.717) is 12.1 Å². The van der Waals surface area contributed by atoms with Crippen molar-refractivity contribution in [1.29, 1.82) is 0 Å². The van der Waals surface area contributed by atoms with Gasteiger partial charge in [-0.05, 0) is 51.1 Å². The third-order valence-corrected chi connectivity index (χ3v) is 7.04. The Morgan fingerprint density at radius 2 is 1.53 bits per heavy atom. The highest BCUT2D eigenvalue weighted by Crippen LogP contribution is 2.33. The summed E-state index contributed by atoms with van der Waals surface area (Å²) in [6.45, 7) is 2.94. The summed E-state index contributed by atoms with van der Waals surface area (Å²) >= 11 is 0. The maximum absolute atomic E-state index is 4.92. The van der Waals surface area contributed by atoms with Crippen molar-refractivity contribution in [2.75, 3.05) is 19.0 Å². The molecule has 1 aliphatic rings. The number of fused-ring (bicyclic) bond motifs is 2. The van der Waals surface area contributed by atoms with Gasteiger partial charge in [0.15, 0.2) is 0 Å². The fourth-order valence-electron chi connectivity index (χ4n) is 5.32. The summed E-state index contributed by atoms with van der Waals surface area (Å²) in [7, 11) is 4.52. The van der Waals surface area contributed by atoms with Crippen LogP contribution in [0.2, 0.25) is 0 Å².